The number of hydrogen-bond acceptors (Lipinski definition) is 7. The van der Waals surface area contributed by atoms with Crippen molar-refractivity contribution in [3.05, 3.63) is 5.82 Å². The molecule has 2 N–H and O–H groups in total. The number of hydrogen-bond donors (Lipinski definition) is 1. The Kier molecular flexibility index (Phi) is 7.42. The molecule has 10 heteroatoms. The Balaban J connectivity index is 1.99. The van der Waals surface area contributed by atoms with Gasteiger partial charge in [0, 0.05) is 32.0 Å². The predicted octanol–water partition coefficient (Wildman–Crippen LogP) is 0.779. The van der Waals surface area contributed by atoms with Crippen molar-refractivity contribution in [1.82, 2.24) is 19.7 Å². The molecule has 0 radical (unpaired) electrons. The maximum absolute atomic E-state index is 12.4. The van der Waals surface area contributed by atoms with Crippen LogP contribution in [0, 0.1) is 22.7 Å². The first-order chi connectivity index (χ1) is 12.6. The molecule has 1 aliphatic rings. The molecule has 138 valence electrons. The molecular formula is C16H21N7O2S. The lowest BCUT2D eigenvalue weighted by molar-refractivity contribution is -0.128. The van der Waals surface area contributed by atoms with Gasteiger partial charge in [-0.25, -0.2) is 0 Å². The summed E-state index contributed by atoms with van der Waals surface area (Å²) in [5, 5.41) is 26.4. The molecule has 0 atom stereocenters. The Morgan fingerprint density at radius 2 is 1.88 bits per heavy atom. The molecule has 1 aromatic rings. The molecule has 0 bridgehead atoms. The van der Waals surface area contributed by atoms with E-state index in [0.717, 1.165) is 12.8 Å². The van der Waals surface area contributed by atoms with Crippen LogP contribution in [0.25, 0.3) is 0 Å². The minimum Gasteiger partial charge on any atom is -0.370 e. The summed E-state index contributed by atoms with van der Waals surface area (Å²) in [6, 6.07) is 4.35. The van der Waals surface area contributed by atoms with Crippen molar-refractivity contribution in [2.24, 2.45) is 5.73 Å². The molecule has 2 rings (SSSR count). The second-order valence-corrected chi connectivity index (χ2v) is 6.89. The van der Waals surface area contributed by atoms with Crippen molar-refractivity contribution in [1.29, 1.82) is 10.5 Å². The lowest BCUT2D eigenvalue weighted by Crippen LogP contribution is -2.34. The minimum absolute atomic E-state index is 0.135. The van der Waals surface area contributed by atoms with Crippen LogP contribution in [0.1, 0.15) is 44.0 Å². The molecule has 2 amide bonds. The number of amides is 2. The quantitative estimate of drug-likeness (QED) is 0.563. The average molecular weight is 375 g/mol. The van der Waals surface area contributed by atoms with Gasteiger partial charge in [0.1, 0.15) is 5.82 Å². The summed E-state index contributed by atoms with van der Waals surface area (Å²) in [6.45, 7) is 0.632. The third-order valence-corrected chi connectivity index (χ3v) is 4.83. The first-order valence-corrected chi connectivity index (χ1v) is 9.42. The monoisotopic (exact) mass is 375 g/mol. The van der Waals surface area contributed by atoms with Crippen molar-refractivity contribution < 1.29 is 9.59 Å². The molecular weight excluding hydrogens is 354 g/mol. The molecule has 26 heavy (non-hydrogen) atoms. The topological polar surface area (TPSA) is 142 Å². The number of nitriles is 2. The van der Waals surface area contributed by atoms with E-state index in [2.05, 4.69) is 10.2 Å². The summed E-state index contributed by atoms with van der Waals surface area (Å²) in [7, 11) is 0. The summed E-state index contributed by atoms with van der Waals surface area (Å²) in [5.41, 5.74) is 5.20. The molecule has 0 saturated heterocycles. The number of primary amides is 1. The van der Waals surface area contributed by atoms with Gasteiger partial charge < -0.3 is 15.2 Å². The van der Waals surface area contributed by atoms with Crippen LogP contribution in [0.15, 0.2) is 5.16 Å². The lowest BCUT2D eigenvalue weighted by atomic mass is 10.3. The minimum atomic E-state index is -0.384. The fourth-order valence-electron chi connectivity index (χ4n) is 2.46. The van der Waals surface area contributed by atoms with Crippen molar-refractivity contribution in [2.75, 3.05) is 18.8 Å². The Hall–Kier alpha value is -2.59. The van der Waals surface area contributed by atoms with E-state index in [4.69, 9.17) is 16.3 Å². The number of nitrogens with two attached hydrogens (primary N) is 1. The van der Waals surface area contributed by atoms with E-state index in [-0.39, 0.29) is 36.8 Å². The van der Waals surface area contributed by atoms with Crippen LogP contribution in [0.2, 0.25) is 0 Å². The number of nitrogens with zero attached hydrogens (tertiary/aromatic N) is 6. The Bertz CT molecular complexity index is 712. The van der Waals surface area contributed by atoms with Crippen molar-refractivity contribution in [3.63, 3.8) is 0 Å². The lowest BCUT2D eigenvalue weighted by Gasteiger charge is -2.20. The second kappa shape index (κ2) is 9.78. The summed E-state index contributed by atoms with van der Waals surface area (Å²) in [5.74, 6) is 0.360. The first-order valence-electron chi connectivity index (χ1n) is 8.43. The van der Waals surface area contributed by atoms with E-state index in [1.165, 1.54) is 16.7 Å². The van der Waals surface area contributed by atoms with E-state index in [9.17, 15) is 9.59 Å². The SMILES string of the molecule is N#CCCN(CCC#N)C(=O)CSc1nnc(CCC(N)=O)n1C1CC1. The molecule has 9 nitrogen and oxygen atoms in total. The van der Waals surface area contributed by atoms with Crippen LogP contribution in [-0.2, 0) is 16.0 Å². The number of rotatable bonds is 11. The molecule has 1 fully saturated rings. The molecule has 0 aromatic carbocycles. The molecule has 1 heterocycles. The largest absolute Gasteiger partial charge is 0.370 e. The average Bonchev–Trinajstić information content (AvgIpc) is 3.38. The van der Waals surface area contributed by atoms with Crippen LogP contribution in [0.4, 0.5) is 0 Å². The molecule has 0 unspecified atom stereocenters. The molecule has 0 spiro atoms. The highest BCUT2D eigenvalue weighted by Crippen LogP contribution is 2.39. The zero-order valence-corrected chi connectivity index (χ0v) is 15.2. The Morgan fingerprint density at radius 1 is 1.23 bits per heavy atom. The zero-order valence-electron chi connectivity index (χ0n) is 14.4. The third kappa shape index (κ3) is 5.74. The number of thioether (sulfide) groups is 1. The van der Waals surface area contributed by atoms with Crippen molar-refractivity contribution in [2.45, 2.75) is 49.7 Å². The second-order valence-electron chi connectivity index (χ2n) is 5.95. The Morgan fingerprint density at radius 3 is 2.42 bits per heavy atom. The van der Waals surface area contributed by atoms with Crippen LogP contribution in [0.5, 0.6) is 0 Å². The van der Waals surface area contributed by atoms with Gasteiger partial charge in [-0.1, -0.05) is 11.8 Å². The van der Waals surface area contributed by atoms with Gasteiger partial charge in [0.25, 0.3) is 0 Å². The van der Waals surface area contributed by atoms with E-state index >= 15 is 0 Å². The molecule has 0 aliphatic heterocycles. The highest BCUT2D eigenvalue weighted by atomic mass is 32.2. The van der Waals surface area contributed by atoms with Crippen LogP contribution in [0.3, 0.4) is 0 Å². The highest BCUT2D eigenvalue weighted by molar-refractivity contribution is 7.99. The van der Waals surface area contributed by atoms with Crippen molar-refractivity contribution in [3.8, 4) is 12.1 Å². The van der Waals surface area contributed by atoms with Crippen LogP contribution in [-0.4, -0.2) is 50.3 Å². The summed E-state index contributed by atoms with van der Waals surface area (Å²) < 4.78 is 2.00. The van der Waals surface area contributed by atoms with E-state index in [0.29, 0.717) is 36.5 Å². The van der Waals surface area contributed by atoms with Crippen LogP contribution >= 0.6 is 11.8 Å². The fourth-order valence-corrected chi connectivity index (χ4v) is 3.39. The highest BCUT2D eigenvalue weighted by Gasteiger charge is 2.30. The number of carbonyl (C=O) groups is 2. The number of aryl methyl sites for hydroxylation is 1. The normalized spacial score (nSPS) is 13.0. The summed E-state index contributed by atoms with van der Waals surface area (Å²) >= 11 is 1.29. The van der Waals surface area contributed by atoms with Gasteiger partial charge in [0.15, 0.2) is 5.16 Å². The van der Waals surface area contributed by atoms with Gasteiger partial charge in [0.2, 0.25) is 11.8 Å². The van der Waals surface area contributed by atoms with E-state index in [1.807, 2.05) is 16.7 Å². The summed E-state index contributed by atoms with van der Waals surface area (Å²) in [6.07, 6.45) is 3.17. The smallest absolute Gasteiger partial charge is 0.233 e. The molecule has 1 saturated carbocycles. The summed E-state index contributed by atoms with van der Waals surface area (Å²) in [4.78, 5) is 24.9. The molecule has 1 aromatic heterocycles. The predicted molar refractivity (Wildman–Crippen MR) is 93.6 cm³/mol. The van der Waals surface area contributed by atoms with E-state index < -0.39 is 0 Å². The van der Waals surface area contributed by atoms with Gasteiger partial charge in [-0.2, -0.15) is 10.5 Å². The number of carbonyl (C=O) groups excluding carboxylic acids is 2. The standard InChI is InChI=1S/C16H21N7O2S/c17-7-1-9-22(10-2-8-18)15(25)11-26-16-21-20-14(6-5-13(19)24)23(16)12-3-4-12/h12H,1-6,9-11H2,(H2,19,24). The zero-order chi connectivity index (χ0) is 18.9. The third-order valence-electron chi connectivity index (χ3n) is 3.91. The van der Waals surface area contributed by atoms with Gasteiger partial charge in [-0.3, -0.25) is 9.59 Å². The molecule has 1 aliphatic carbocycles. The van der Waals surface area contributed by atoms with Gasteiger partial charge in [-0.15, -0.1) is 10.2 Å². The maximum Gasteiger partial charge on any atom is 0.233 e. The van der Waals surface area contributed by atoms with Gasteiger partial charge in [0.05, 0.1) is 30.7 Å². The van der Waals surface area contributed by atoms with E-state index in [1.54, 1.807) is 0 Å². The van der Waals surface area contributed by atoms with Gasteiger partial charge in [-0.05, 0) is 12.8 Å². The van der Waals surface area contributed by atoms with Crippen molar-refractivity contribution >= 4 is 23.6 Å². The first kappa shape index (κ1) is 19.7. The number of aromatic nitrogens is 3. The Labute approximate surface area is 156 Å². The maximum atomic E-state index is 12.4. The van der Waals surface area contributed by atoms with Crippen LogP contribution < -0.4 is 5.73 Å². The fraction of sp³-hybridized carbons (Fsp3) is 0.625. The van der Waals surface area contributed by atoms with Gasteiger partial charge >= 0.3 is 0 Å².